The number of methoxy groups -OCH3 is 1. The van der Waals surface area contributed by atoms with Crippen molar-refractivity contribution in [2.45, 2.75) is 25.9 Å². The number of amides is 1. The summed E-state index contributed by atoms with van der Waals surface area (Å²) in [6.45, 7) is 5.00. The molecule has 1 N–H and O–H groups in total. The number of benzene rings is 1. The summed E-state index contributed by atoms with van der Waals surface area (Å²) in [6.07, 6.45) is -0.880. The molecule has 1 aromatic carbocycles. The van der Waals surface area contributed by atoms with Gasteiger partial charge in [0.25, 0.3) is 0 Å². The van der Waals surface area contributed by atoms with Gasteiger partial charge in [-0.15, -0.1) is 0 Å². The second-order valence-corrected chi connectivity index (χ2v) is 6.61. The highest BCUT2D eigenvalue weighted by Crippen LogP contribution is 2.29. The van der Waals surface area contributed by atoms with Gasteiger partial charge in [0.2, 0.25) is 0 Å². The quantitative estimate of drug-likeness (QED) is 0.591. The number of carboxylic acid groups (broad SMARTS) is 1. The fraction of sp³-hybridized carbons (Fsp3) is 0.467. The van der Waals surface area contributed by atoms with Gasteiger partial charge in [-0.25, -0.2) is 9.59 Å². The van der Waals surface area contributed by atoms with Crippen LogP contribution in [-0.2, 0) is 4.74 Å². The van der Waals surface area contributed by atoms with Gasteiger partial charge in [0, 0.05) is 28.7 Å². The number of hydrogen-bond donors (Lipinski definition) is 1. The van der Waals surface area contributed by atoms with Crippen LogP contribution in [0.25, 0.3) is 0 Å². The fourth-order valence-corrected chi connectivity index (χ4v) is 3.54. The zero-order valence-corrected chi connectivity index (χ0v) is 14.9. The number of nitrogens with zero attached hydrogens (tertiary/aromatic N) is 2. The van der Waals surface area contributed by atoms with Crippen LogP contribution < -0.4 is 4.90 Å². The predicted octanol–water partition coefficient (Wildman–Crippen LogP) is 2.65. The van der Waals surface area contributed by atoms with Gasteiger partial charge in [-0.05, 0) is 54.6 Å². The fourth-order valence-electron chi connectivity index (χ4n) is 2.71. The van der Waals surface area contributed by atoms with E-state index in [2.05, 4.69) is 27.5 Å². The third kappa shape index (κ3) is 3.29. The number of carbonyl (C=O) groups is 2. The molecule has 0 radical (unpaired) electrons. The summed E-state index contributed by atoms with van der Waals surface area (Å²) < 4.78 is 5.67. The van der Waals surface area contributed by atoms with E-state index in [4.69, 9.17) is 4.74 Å². The minimum Gasteiger partial charge on any atom is -0.465 e. The molecule has 6 nitrogen and oxygen atoms in total. The standard InChI is InChI=1S/C15H19IN2O4/c1-9-8-18(15(20)21)10(2)7-17(9)13-5-4-11(6-12(13)16)14(19)22-3/h4-6,9-10H,7-8H2,1-3H3,(H,20,21)/t9-,10+/m0/s1. The zero-order chi connectivity index (χ0) is 16.4. The van der Waals surface area contributed by atoms with Crippen LogP contribution in [0.15, 0.2) is 18.2 Å². The SMILES string of the molecule is COC(=O)c1ccc(N2C[C@@H](C)N(C(=O)O)C[C@@H]2C)c(I)c1. The molecule has 7 heteroatoms. The molecule has 1 amide bonds. The molecule has 0 aliphatic carbocycles. The van der Waals surface area contributed by atoms with Gasteiger partial charge in [-0.3, -0.25) is 0 Å². The summed E-state index contributed by atoms with van der Waals surface area (Å²) >= 11 is 2.19. The lowest BCUT2D eigenvalue weighted by molar-refractivity contribution is 0.0600. The molecule has 1 aliphatic heterocycles. The number of halogens is 1. The lowest BCUT2D eigenvalue weighted by atomic mass is 10.1. The molecule has 1 fully saturated rings. The molecule has 1 aliphatic rings. The number of hydrogen-bond acceptors (Lipinski definition) is 4. The molecule has 0 bridgehead atoms. The number of carbonyl (C=O) groups excluding carboxylic acids is 1. The number of ether oxygens (including phenoxy) is 1. The second kappa shape index (κ2) is 6.72. The number of esters is 1. The van der Waals surface area contributed by atoms with Crippen molar-refractivity contribution < 1.29 is 19.4 Å². The predicted molar refractivity (Wildman–Crippen MR) is 91.5 cm³/mol. The van der Waals surface area contributed by atoms with Crippen LogP contribution in [0.4, 0.5) is 10.5 Å². The Bertz CT molecular complexity index is 593. The van der Waals surface area contributed by atoms with Crippen LogP contribution in [0.1, 0.15) is 24.2 Å². The average Bonchev–Trinajstić information content (AvgIpc) is 2.48. The summed E-state index contributed by atoms with van der Waals surface area (Å²) in [7, 11) is 1.36. The maximum atomic E-state index is 11.6. The van der Waals surface area contributed by atoms with Crippen LogP contribution in [-0.4, -0.2) is 54.4 Å². The zero-order valence-electron chi connectivity index (χ0n) is 12.7. The third-order valence-corrected chi connectivity index (χ3v) is 4.77. The maximum absolute atomic E-state index is 11.6. The highest BCUT2D eigenvalue weighted by molar-refractivity contribution is 14.1. The molecule has 0 unspecified atom stereocenters. The Morgan fingerprint density at radius 2 is 1.95 bits per heavy atom. The molecule has 120 valence electrons. The van der Waals surface area contributed by atoms with Crippen molar-refractivity contribution in [1.82, 2.24) is 4.90 Å². The average molecular weight is 418 g/mol. The van der Waals surface area contributed by atoms with Crippen LogP contribution in [0.5, 0.6) is 0 Å². The van der Waals surface area contributed by atoms with Crippen molar-refractivity contribution in [3.8, 4) is 0 Å². The van der Waals surface area contributed by atoms with Crippen LogP contribution in [0, 0.1) is 3.57 Å². The largest absolute Gasteiger partial charge is 0.465 e. The smallest absolute Gasteiger partial charge is 0.407 e. The summed E-state index contributed by atoms with van der Waals surface area (Å²) in [5.74, 6) is -0.360. The molecule has 0 aromatic heterocycles. The van der Waals surface area contributed by atoms with Crippen molar-refractivity contribution in [3.63, 3.8) is 0 Å². The first-order valence-corrected chi connectivity index (χ1v) is 8.07. The van der Waals surface area contributed by atoms with Crippen molar-refractivity contribution in [3.05, 3.63) is 27.3 Å². The maximum Gasteiger partial charge on any atom is 0.407 e. The first kappa shape index (κ1) is 16.9. The second-order valence-electron chi connectivity index (χ2n) is 5.44. The first-order valence-electron chi connectivity index (χ1n) is 6.99. The topological polar surface area (TPSA) is 70.1 Å². The molecule has 2 atom stereocenters. The van der Waals surface area contributed by atoms with E-state index in [1.807, 2.05) is 19.9 Å². The summed E-state index contributed by atoms with van der Waals surface area (Å²) in [6, 6.07) is 5.43. The minimum atomic E-state index is -0.880. The van der Waals surface area contributed by atoms with Gasteiger partial charge in [-0.2, -0.15) is 0 Å². The molecular weight excluding hydrogens is 399 g/mol. The molecule has 22 heavy (non-hydrogen) atoms. The number of rotatable bonds is 2. The Hall–Kier alpha value is -1.51. The molecule has 0 saturated carbocycles. The van der Waals surface area contributed by atoms with E-state index in [-0.39, 0.29) is 18.1 Å². The van der Waals surface area contributed by atoms with Crippen molar-refractivity contribution in [1.29, 1.82) is 0 Å². The Morgan fingerprint density at radius 3 is 2.50 bits per heavy atom. The Labute approximate surface area is 143 Å². The highest BCUT2D eigenvalue weighted by Gasteiger charge is 2.32. The summed E-state index contributed by atoms with van der Waals surface area (Å²) in [5.41, 5.74) is 1.53. The molecule has 1 heterocycles. The van der Waals surface area contributed by atoms with Gasteiger partial charge in [0.1, 0.15) is 0 Å². The van der Waals surface area contributed by atoms with Crippen molar-refractivity contribution >= 4 is 40.3 Å². The van der Waals surface area contributed by atoms with Gasteiger partial charge in [-0.1, -0.05) is 0 Å². The molecule has 1 saturated heterocycles. The van der Waals surface area contributed by atoms with E-state index in [9.17, 15) is 14.7 Å². The van der Waals surface area contributed by atoms with Crippen LogP contribution in [0.3, 0.4) is 0 Å². The lowest BCUT2D eigenvalue weighted by Crippen LogP contribution is -2.58. The van der Waals surface area contributed by atoms with Crippen LogP contribution in [0.2, 0.25) is 0 Å². The Balaban J connectivity index is 2.25. The molecule has 2 rings (SSSR count). The first-order chi connectivity index (χ1) is 10.3. The Morgan fingerprint density at radius 1 is 1.27 bits per heavy atom. The molecule has 0 spiro atoms. The van der Waals surface area contributed by atoms with E-state index in [0.717, 1.165) is 9.26 Å². The normalized spacial score (nSPS) is 21.6. The Kier molecular flexibility index (Phi) is 5.15. The third-order valence-electron chi connectivity index (χ3n) is 3.91. The van der Waals surface area contributed by atoms with Gasteiger partial charge >= 0.3 is 12.1 Å². The van der Waals surface area contributed by atoms with E-state index in [1.54, 1.807) is 12.1 Å². The summed E-state index contributed by atoms with van der Waals surface area (Å²) in [5, 5.41) is 9.22. The van der Waals surface area contributed by atoms with Gasteiger partial charge in [0.05, 0.1) is 18.4 Å². The van der Waals surface area contributed by atoms with Crippen LogP contribution >= 0.6 is 22.6 Å². The highest BCUT2D eigenvalue weighted by atomic mass is 127. The molecule has 1 aromatic rings. The minimum absolute atomic E-state index is 0.0739. The number of piperazine rings is 1. The molecular formula is C15H19IN2O4. The van der Waals surface area contributed by atoms with Crippen molar-refractivity contribution in [2.75, 3.05) is 25.1 Å². The van der Waals surface area contributed by atoms with E-state index >= 15 is 0 Å². The number of anilines is 1. The van der Waals surface area contributed by atoms with Crippen molar-refractivity contribution in [2.24, 2.45) is 0 Å². The van der Waals surface area contributed by atoms with E-state index in [1.165, 1.54) is 12.0 Å². The van der Waals surface area contributed by atoms with E-state index in [0.29, 0.717) is 18.7 Å². The van der Waals surface area contributed by atoms with Gasteiger partial charge in [0.15, 0.2) is 0 Å². The lowest BCUT2D eigenvalue weighted by Gasteiger charge is -2.44. The summed E-state index contributed by atoms with van der Waals surface area (Å²) in [4.78, 5) is 26.5. The monoisotopic (exact) mass is 418 g/mol. The van der Waals surface area contributed by atoms with Gasteiger partial charge < -0.3 is 19.6 Å². The van der Waals surface area contributed by atoms with E-state index < -0.39 is 6.09 Å².